The van der Waals surface area contributed by atoms with Gasteiger partial charge in [-0.15, -0.1) is 0 Å². The van der Waals surface area contributed by atoms with Crippen molar-refractivity contribution in [1.82, 2.24) is 9.55 Å². The van der Waals surface area contributed by atoms with E-state index in [2.05, 4.69) is 34.9 Å². The standard InChI is InChI=1S/C23H23N3O2/c1-14-24-21-19(25(14)2)11-18(26-10-8-20(26)27)17-7-9-23(28-22(17)21)12-15-5-3-4-6-16(15)13-23/h3-6,11H,7-10,12-13H2,1-2H3. The number of imidazole rings is 1. The van der Waals surface area contributed by atoms with Crippen molar-refractivity contribution in [2.75, 3.05) is 11.4 Å². The molecule has 2 aromatic carbocycles. The summed E-state index contributed by atoms with van der Waals surface area (Å²) in [4.78, 5) is 18.9. The second-order valence-electron chi connectivity index (χ2n) is 8.49. The van der Waals surface area contributed by atoms with E-state index in [4.69, 9.17) is 9.72 Å². The minimum Gasteiger partial charge on any atom is -0.484 e. The number of aromatic nitrogens is 2. The van der Waals surface area contributed by atoms with Crippen LogP contribution in [0.5, 0.6) is 5.75 Å². The molecule has 0 bridgehead atoms. The minimum atomic E-state index is -0.188. The molecule has 0 saturated carbocycles. The number of hydrogen-bond acceptors (Lipinski definition) is 3. The predicted octanol–water partition coefficient (Wildman–Crippen LogP) is 3.48. The van der Waals surface area contributed by atoms with Gasteiger partial charge in [0.05, 0.1) is 11.2 Å². The molecule has 2 aliphatic heterocycles. The van der Waals surface area contributed by atoms with Gasteiger partial charge in [-0.25, -0.2) is 4.98 Å². The monoisotopic (exact) mass is 373 g/mol. The lowest BCUT2D eigenvalue weighted by atomic mass is 9.87. The molecule has 1 amide bonds. The summed E-state index contributed by atoms with van der Waals surface area (Å²) in [5.41, 5.74) is 6.75. The summed E-state index contributed by atoms with van der Waals surface area (Å²) < 4.78 is 8.92. The van der Waals surface area contributed by atoms with E-state index in [1.165, 1.54) is 11.1 Å². The molecule has 1 aromatic heterocycles. The van der Waals surface area contributed by atoms with Crippen molar-refractivity contribution >= 4 is 22.6 Å². The molecular formula is C23H23N3O2. The molecule has 3 aromatic rings. The van der Waals surface area contributed by atoms with Gasteiger partial charge >= 0.3 is 0 Å². The Morgan fingerprint density at radius 2 is 1.89 bits per heavy atom. The first-order valence-electron chi connectivity index (χ1n) is 10.1. The summed E-state index contributed by atoms with van der Waals surface area (Å²) >= 11 is 0. The zero-order valence-electron chi connectivity index (χ0n) is 16.3. The second kappa shape index (κ2) is 5.37. The topological polar surface area (TPSA) is 47.4 Å². The number of hydrogen-bond donors (Lipinski definition) is 0. The van der Waals surface area contributed by atoms with E-state index in [1.807, 2.05) is 18.9 Å². The van der Waals surface area contributed by atoms with Crippen LogP contribution in [0.2, 0.25) is 0 Å². The molecule has 3 aliphatic rings. The Labute approximate surface area is 163 Å². The fourth-order valence-electron chi connectivity index (χ4n) is 5.13. The third-order valence-corrected chi connectivity index (χ3v) is 6.87. The number of carbonyl (C=O) groups is 1. The molecule has 1 saturated heterocycles. The molecule has 5 nitrogen and oxygen atoms in total. The molecule has 0 atom stereocenters. The lowest BCUT2D eigenvalue weighted by Gasteiger charge is -2.39. The van der Waals surface area contributed by atoms with Crippen molar-refractivity contribution < 1.29 is 9.53 Å². The molecule has 28 heavy (non-hydrogen) atoms. The number of benzene rings is 2. The fourth-order valence-corrected chi connectivity index (χ4v) is 5.13. The highest BCUT2D eigenvalue weighted by Crippen LogP contribution is 2.48. The zero-order valence-corrected chi connectivity index (χ0v) is 16.3. The van der Waals surface area contributed by atoms with Gasteiger partial charge in [0.2, 0.25) is 5.91 Å². The number of amides is 1. The van der Waals surface area contributed by atoms with E-state index in [9.17, 15) is 4.79 Å². The van der Waals surface area contributed by atoms with Crippen LogP contribution in [0.4, 0.5) is 5.69 Å². The molecule has 1 fully saturated rings. The number of fused-ring (bicyclic) bond motifs is 4. The molecule has 0 unspecified atom stereocenters. The van der Waals surface area contributed by atoms with Crippen molar-refractivity contribution in [3.8, 4) is 5.75 Å². The number of aryl methyl sites for hydroxylation is 2. The summed E-state index contributed by atoms with van der Waals surface area (Å²) in [7, 11) is 2.03. The normalized spacial score (nSPS) is 19.5. The van der Waals surface area contributed by atoms with Crippen molar-refractivity contribution in [2.45, 2.75) is 44.6 Å². The highest BCUT2D eigenvalue weighted by Gasteiger charge is 2.44. The largest absolute Gasteiger partial charge is 0.484 e. The lowest BCUT2D eigenvalue weighted by Crippen LogP contribution is -2.45. The van der Waals surface area contributed by atoms with E-state index < -0.39 is 0 Å². The molecule has 0 radical (unpaired) electrons. The average Bonchev–Trinajstić information content (AvgIpc) is 3.18. The van der Waals surface area contributed by atoms with E-state index >= 15 is 0 Å². The molecule has 142 valence electrons. The SMILES string of the molecule is Cc1nc2c3c(c(N4CCC4=O)cc2n1C)CCC1(Cc2ccccc2C1)O3. The van der Waals surface area contributed by atoms with Gasteiger partial charge in [-0.1, -0.05) is 24.3 Å². The molecular weight excluding hydrogens is 350 g/mol. The van der Waals surface area contributed by atoms with Gasteiger partial charge in [0.1, 0.15) is 16.9 Å². The molecule has 1 aliphatic carbocycles. The molecule has 6 rings (SSSR count). The third-order valence-electron chi connectivity index (χ3n) is 6.87. The maximum atomic E-state index is 12.2. The number of β-lactam (4-membered cyclic amide) rings is 1. The Morgan fingerprint density at radius 1 is 1.14 bits per heavy atom. The van der Waals surface area contributed by atoms with Gasteiger partial charge < -0.3 is 14.2 Å². The smallest absolute Gasteiger partial charge is 0.228 e. The Kier molecular flexibility index (Phi) is 3.10. The minimum absolute atomic E-state index is 0.188. The van der Waals surface area contributed by atoms with Crippen LogP contribution in [-0.2, 0) is 31.1 Å². The summed E-state index contributed by atoms with van der Waals surface area (Å²) in [6.45, 7) is 2.81. The number of anilines is 1. The Balaban J connectivity index is 1.52. The Morgan fingerprint density at radius 3 is 2.54 bits per heavy atom. The molecule has 3 heterocycles. The molecule has 0 N–H and O–H groups in total. The van der Waals surface area contributed by atoms with Crippen molar-refractivity contribution in [3.63, 3.8) is 0 Å². The quantitative estimate of drug-likeness (QED) is 0.614. The van der Waals surface area contributed by atoms with Crippen LogP contribution >= 0.6 is 0 Å². The second-order valence-corrected chi connectivity index (χ2v) is 8.49. The highest BCUT2D eigenvalue weighted by atomic mass is 16.5. The van der Waals surface area contributed by atoms with E-state index in [0.717, 1.165) is 66.1 Å². The summed E-state index contributed by atoms with van der Waals surface area (Å²) in [5.74, 6) is 2.06. The maximum absolute atomic E-state index is 12.2. The number of carbonyl (C=O) groups excluding carboxylic acids is 1. The van der Waals surface area contributed by atoms with Crippen LogP contribution in [0.15, 0.2) is 30.3 Å². The first-order chi connectivity index (χ1) is 13.5. The van der Waals surface area contributed by atoms with Crippen molar-refractivity contribution in [3.05, 3.63) is 52.8 Å². The van der Waals surface area contributed by atoms with E-state index in [-0.39, 0.29) is 11.5 Å². The van der Waals surface area contributed by atoms with Crippen LogP contribution in [0.25, 0.3) is 11.0 Å². The van der Waals surface area contributed by atoms with Gasteiger partial charge in [0.15, 0.2) is 5.75 Å². The Bertz CT molecular complexity index is 1140. The van der Waals surface area contributed by atoms with Gasteiger partial charge in [-0.3, -0.25) is 4.79 Å². The summed E-state index contributed by atoms with van der Waals surface area (Å²) in [5, 5.41) is 0. The Hall–Kier alpha value is -2.82. The van der Waals surface area contributed by atoms with Gasteiger partial charge in [-0.2, -0.15) is 0 Å². The van der Waals surface area contributed by atoms with E-state index in [0.29, 0.717) is 6.42 Å². The average molecular weight is 373 g/mol. The van der Waals surface area contributed by atoms with Gasteiger partial charge in [-0.05, 0) is 37.0 Å². The van der Waals surface area contributed by atoms with Crippen LogP contribution in [0.1, 0.15) is 35.4 Å². The van der Waals surface area contributed by atoms with Gasteiger partial charge in [0.25, 0.3) is 0 Å². The summed E-state index contributed by atoms with van der Waals surface area (Å²) in [6, 6.07) is 10.8. The maximum Gasteiger partial charge on any atom is 0.228 e. The lowest BCUT2D eigenvalue weighted by molar-refractivity contribution is -0.122. The number of nitrogens with zero attached hydrogens (tertiary/aromatic N) is 3. The van der Waals surface area contributed by atoms with Crippen molar-refractivity contribution in [2.24, 2.45) is 7.05 Å². The molecule has 1 spiro atoms. The number of ether oxygens (including phenoxy) is 1. The fraction of sp³-hybridized carbons (Fsp3) is 0.391. The van der Waals surface area contributed by atoms with Crippen LogP contribution in [0, 0.1) is 6.92 Å². The van der Waals surface area contributed by atoms with Crippen molar-refractivity contribution in [1.29, 1.82) is 0 Å². The summed E-state index contributed by atoms with van der Waals surface area (Å²) in [6.07, 6.45) is 4.43. The van der Waals surface area contributed by atoms with E-state index in [1.54, 1.807) is 0 Å². The van der Waals surface area contributed by atoms with Crippen LogP contribution < -0.4 is 9.64 Å². The first-order valence-corrected chi connectivity index (χ1v) is 10.1. The first kappa shape index (κ1) is 16.2. The molecule has 5 heteroatoms. The zero-order chi connectivity index (χ0) is 19.0. The van der Waals surface area contributed by atoms with Crippen LogP contribution in [0.3, 0.4) is 0 Å². The predicted molar refractivity (Wildman–Crippen MR) is 108 cm³/mol. The number of rotatable bonds is 1. The third kappa shape index (κ3) is 2.07. The van der Waals surface area contributed by atoms with Gasteiger partial charge in [0, 0.05) is 38.4 Å². The van der Waals surface area contributed by atoms with Crippen LogP contribution in [-0.4, -0.2) is 27.6 Å². The highest BCUT2D eigenvalue weighted by molar-refractivity contribution is 6.03.